The van der Waals surface area contributed by atoms with E-state index < -0.39 is 0 Å². The summed E-state index contributed by atoms with van der Waals surface area (Å²) in [5.74, 6) is 0. The Morgan fingerprint density at radius 3 is 2.60 bits per heavy atom. The zero-order valence-electron chi connectivity index (χ0n) is 8.90. The second kappa shape index (κ2) is 6.49. The van der Waals surface area contributed by atoms with Crippen LogP contribution in [0.3, 0.4) is 0 Å². The van der Waals surface area contributed by atoms with E-state index in [0.717, 1.165) is 11.4 Å². The number of hydrogen-bond donors (Lipinski definition) is 2. The van der Waals surface area contributed by atoms with Crippen molar-refractivity contribution >= 4 is 5.69 Å². The molecule has 1 rings (SSSR count). The van der Waals surface area contributed by atoms with E-state index in [1.165, 1.54) is 0 Å². The fourth-order valence-corrected chi connectivity index (χ4v) is 1.11. The lowest BCUT2D eigenvalue weighted by molar-refractivity contribution is 0.997. The first-order valence-corrected chi connectivity index (χ1v) is 4.89. The van der Waals surface area contributed by atoms with Gasteiger partial charge in [0.1, 0.15) is 0 Å². The number of hydrogen-bond acceptors (Lipinski definition) is 2. The largest absolute Gasteiger partial charge is 0.301 e. The van der Waals surface area contributed by atoms with Crippen LogP contribution in [0.15, 0.2) is 66.9 Å². The molecule has 0 saturated carbocycles. The number of para-hydroxylation sites is 1. The minimum Gasteiger partial charge on any atom is -0.301 e. The predicted octanol–water partition coefficient (Wildman–Crippen LogP) is 3.25. The molecule has 1 aromatic carbocycles. The zero-order chi connectivity index (χ0) is 10.9. The third-order valence-corrected chi connectivity index (χ3v) is 1.77. The Hall–Kier alpha value is -1.96. The second-order valence-corrected chi connectivity index (χ2v) is 2.97. The van der Waals surface area contributed by atoms with Crippen molar-refractivity contribution in [1.29, 1.82) is 0 Å². The van der Waals surface area contributed by atoms with Gasteiger partial charge in [-0.15, -0.1) is 0 Å². The van der Waals surface area contributed by atoms with Crippen molar-refractivity contribution in [2.45, 2.75) is 6.92 Å². The summed E-state index contributed by atoms with van der Waals surface area (Å²) in [5, 5.41) is 0. The van der Waals surface area contributed by atoms with Crippen molar-refractivity contribution in [2.24, 2.45) is 0 Å². The summed E-state index contributed by atoms with van der Waals surface area (Å²) in [4.78, 5) is 0. The monoisotopic (exact) mass is 200 g/mol. The van der Waals surface area contributed by atoms with Gasteiger partial charge in [0, 0.05) is 0 Å². The molecule has 0 atom stereocenters. The van der Waals surface area contributed by atoms with Crippen molar-refractivity contribution < 1.29 is 0 Å². The summed E-state index contributed by atoms with van der Waals surface area (Å²) in [7, 11) is 0. The van der Waals surface area contributed by atoms with E-state index in [9.17, 15) is 0 Å². The van der Waals surface area contributed by atoms with Crippen LogP contribution in [0.1, 0.15) is 6.92 Å². The van der Waals surface area contributed by atoms with Crippen molar-refractivity contribution in [1.82, 2.24) is 5.43 Å². The summed E-state index contributed by atoms with van der Waals surface area (Å²) in [6.45, 7) is 5.63. The molecule has 0 unspecified atom stereocenters. The van der Waals surface area contributed by atoms with Gasteiger partial charge in [-0.05, 0) is 31.2 Å². The molecule has 0 bridgehead atoms. The molecule has 0 radical (unpaired) electrons. The van der Waals surface area contributed by atoms with Gasteiger partial charge in [-0.2, -0.15) is 0 Å². The highest BCUT2D eigenvalue weighted by Gasteiger charge is 1.89. The standard InChI is InChI=1S/C13H16N2/c1-3-8-12(9-4-2)14-15-13-10-6-5-7-11-13/h3-11,14-15H,1H2,2H3/b9-4-,12-8+. The molecule has 0 fully saturated rings. The third kappa shape index (κ3) is 4.18. The van der Waals surface area contributed by atoms with Crippen LogP contribution in [-0.2, 0) is 0 Å². The van der Waals surface area contributed by atoms with Crippen LogP contribution in [0.4, 0.5) is 5.69 Å². The Bertz CT molecular complexity index is 350. The molecular weight excluding hydrogens is 184 g/mol. The van der Waals surface area contributed by atoms with E-state index >= 15 is 0 Å². The molecule has 0 aliphatic rings. The molecule has 2 nitrogen and oxygen atoms in total. The second-order valence-electron chi connectivity index (χ2n) is 2.97. The van der Waals surface area contributed by atoms with Crippen LogP contribution in [0, 0.1) is 0 Å². The summed E-state index contributed by atoms with van der Waals surface area (Å²) in [6.07, 6.45) is 7.58. The Morgan fingerprint density at radius 1 is 1.27 bits per heavy atom. The highest BCUT2D eigenvalue weighted by molar-refractivity contribution is 5.42. The molecule has 78 valence electrons. The number of benzene rings is 1. The first-order valence-electron chi connectivity index (χ1n) is 4.89. The first-order chi connectivity index (χ1) is 7.36. The van der Waals surface area contributed by atoms with E-state index in [0.29, 0.717) is 0 Å². The van der Waals surface area contributed by atoms with Gasteiger partial charge in [0.25, 0.3) is 0 Å². The van der Waals surface area contributed by atoms with Gasteiger partial charge in [0.05, 0.1) is 11.4 Å². The smallest absolute Gasteiger partial charge is 0.0539 e. The lowest BCUT2D eigenvalue weighted by Gasteiger charge is -2.09. The lowest BCUT2D eigenvalue weighted by Crippen LogP contribution is -2.19. The van der Waals surface area contributed by atoms with E-state index in [2.05, 4.69) is 17.4 Å². The fraction of sp³-hybridized carbons (Fsp3) is 0.0769. The van der Waals surface area contributed by atoms with Crippen molar-refractivity contribution in [3.63, 3.8) is 0 Å². The van der Waals surface area contributed by atoms with Gasteiger partial charge in [0.2, 0.25) is 0 Å². The maximum absolute atomic E-state index is 3.66. The number of rotatable bonds is 5. The van der Waals surface area contributed by atoms with E-state index in [4.69, 9.17) is 0 Å². The van der Waals surface area contributed by atoms with E-state index in [1.54, 1.807) is 6.08 Å². The van der Waals surface area contributed by atoms with Gasteiger partial charge in [-0.3, -0.25) is 0 Å². The molecule has 15 heavy (non-hydrogen) atoms. The summed E-state index contributed by atoms with van der Waals surface area (Å²) in [5.41, 5.74) is 8.18. The number of hydrazine groups is 1. The SMILES string of the molecule is C=C/C=C(\C=C/C)NNc1ccccc1. The number of nitrogens with one attached hydrogen (secondary N) is 2. The Labute approximate surface area is 91.0 Å². The Morgan fingerprint density at radius 2 is 2.00 bits per heavy atom. The summed E-state index contributed by atoms with van der Waals surface area (Å²) < 4.78 is 0. The maximum Gasteiger partial charge on any atom is 0.0539 e. The minimum absolute atomic E-state index is 0.969. The molecule has 0 amide bonds. The predicted molar refractivity (Wildman–Crippen MR) is 66.3 cm³/mol. The molecule has 2 heteroatoms. The highest BCUT2D eigenvalue weighted by Crippen LogP contribution is 2.03. The van der Waals surface area contributed by atoms with Gasteiger partial charge >= 0.3 is 0 Å². The molecular formula is C13H16N2. The average molecular weight is 200 g/mol. The first kappa shape index (κ1) is 11.1. The van der Waals surface area contributed by atoms with Gasteiger partial charge in [-0.25, -0.2) is 0 Å². The van der Waals surface area contributed by atoms with Crippen LogP contribution in [0.5, 0.6) is 0 Å². The van der Waals surface area contributed by atoms with Crippen LogP contribution in [0.25, 0.3) is 0 Å². The lowest BCUT2D eigenvalue weighted by atomic mass is 10.3. The minimum atomic E-state index is 0.969. The molecule has 0 aliphatic heterocycles. The number of anilines is 1. The molecule has 0 saturated heterocycles. The third-order valence-electron chi connectivity index (χ3n) is 1.77. The molecule has 0 aromatic heterocycles. The van der Waals surface area contributed by atoms with E-state index in [1.807, 2.05) is 55.5 Å². The highest BCUT2D eigenvalue weighted by atomic mass is 15.4. The molecule has 1 aromatic rings. The normalized spacial score (nSPS) is 11.4. The average Bonchev–Trinajstić information content (AvgIpc) is 2.28. The molecule has 0 aliphatic carbocycles. The molecule has 0 spiro atoms. The van der Waals surface area contributed by atoms with Gasteiger partial charge < -0.3 is 10.9 Å². The van der Waals surface area contributed by atoms with Crippen molar-refractivity contribution in [2.75, 3.05) is 5.43 Å². The Balaban J connectivity index is 2.55. The van der Waals surface area contributed by atoms with Crippen molar-refractivity contribution in [3.05, 3.63) is 66.9 Å². The van der Waals surface area contributed by atoms with Crippen LogP contribution >= 0.6 is 0 Å². The quantitative estimate of drug-likeness (QED) is 0.563. The molecule has 2 N–H and O–H groups in total. The zero-order valence-corrected chi connectivity index (χ0v) is 8.90. The van der Waals surface area contributed by atoms with Crippen LogP contribution < -0.4 is 10.9 Å². The van der Waals surface area contributed by atoms with Crippen molar-refractivity contribution in [3.8, 4) is 0 Å². The topological polar surface area (TPSA) is 24.1 Å². The van der Waals surface area contributed by atoms with Crippen LogP contribution in [-0.4, -0.2) is 0 Å². The van der Waals surface area contributed by atoms with E-state index in [-0.39, 0.29) is 0 Å². The van der Waals surface area contributed by atoms with Gasteiger partial charge in [0.15, 0.2) is 0 Å². The molecule has 0 heterocycles. The van der Waals surface area contributed by atoms with Crippen LogP contribution in [0.2, 0.25) is 0 Å². The Kier molecular flexibility index (Phi) is 4.81. The summed E-state index contributed by atoms with van der Waals surface area (Å²) in [6, 6.07) is 9.94. The maximum atomic E-state index is 3.66. The summed E-state index contributed by atoms with van der Waals surface area (Å²) >= 11 is 0. The fourth-order valence-electron chi connectivity index (χ4n) is 1.11. The number of allylic oxidation sites excluding steroid dienone is 4. The van der Waals surface area contributed by atoms with Gasteiger partial charge in [-0.1, -0.05) is 36.9 Å².